The van der Waals surface area contributed by atoms with Crippen molar-refractivity contribution in [1.29, 1.82) is 0 Å². The summed E-state index contributed by atoms with van der Waals surface area (Å²) >= 11 is 0. The van der Waals surface area contributed by atoms with E-state index in [1.165, 1.54) is 13.8 Å². The van der Waals surface area contributed by atoms with Crippen molar-refractivity contribution >= 4 is 17.7 Å². The summed E-state index contributed by atoms with van der Waals surface area (Å²) in [4.78, 5) is 38.0. The Morgan fingerprint density at radius 3 is 2.27 bits per heavy atom. The van der Waals surface area contributed by atoms with Gasteiger partial charge in [-0.15, -0.1) is 0 Å². The summed E-state index contributed by atoms with van der Waals surface area (Å²) in [6, 6.07) is 8.21. The summed E-state index contributed by atoms with van der Waals surface area (Å²) in [5, 5.41) is 10.8. The van der Waals surface area contributed by atoms with Gasteiger partial charge in [0.25, 0.3) is 5.79 Å². The summed E-state index contributed by atoms with van der Waals surface area (Å²) in [5.74, 6) is -6.59. The van der Waals surface area contributed by atoms with Gasteiger partial charge >= 0.3 is 11.9 Å². The zero-order valence-corrected chi connectivity index (χ0v) is 14.4. The molecule has 1 aromatic carbocycles. The molecule has 135 valence electrons. The third-order valence-corrected chi connectivity index (χ3v) is 4.29. The highest BCUT2D eigenvalue weighted by Crippen LogP contribution is 2.34. The quantitative estimate of drug-likeness (QED) is 0.494. The van der Waals surface area contributed by atoms with Gasteiger partial charge in [-0.1, -0.05) is 48.6 Å². The third-order valence-electron chi connectivity index (χ3n) is 4.29. The second-order valence-electron chi connectivity index (χ2n) is 6.64. The Morgan fingerprint density at radius 1 is 1.12 bits per heavy atom. The number of Topliss-reactive ketones (excluding diaryl/α,β-unsaturated/α-hetero) is 1. The van der Waals surface area contributed by atoms with Gasteiger partial charge in [0.2, 0.25) is 0 Å². The van der Waals surface area contributed by atoms with Crippen molar-refractivity contribution < 1.29 is 29.0 Å². The number of allylic oxidation sites excluding steroid dienone is 2. The van der Waals surface area contributed by atoms with Crippen LogP contribution in [0.1, 0.15) is 24.2 Å². The van der Waals surface area contributed by atoms with Crippen molar-refractivity contribution in [2.45, 2.75) is 25.7 Å². The van der Waals surface area contributed by atoms with E-state index < -0.39 is 41.4 Å². The molecule has 1 heterocycles. The highest BCUT2D eigenvalue weighted by molar-refractivity contribution is 6.07. The average molecular weight is 355 g/mol. The molecule has 0 saturated carbocycles. The number of rotatable bonds is 5. The maximum atomic E-state index is 13.1. The predicted molar refractivity (Wildman–Crippen MR) is 91.5 cm³/mol. The number of hydrogen-bond donors (Lipinski definition) is 1. The van der Waals surface area contributed by atoms with Gasteiger partial charge in [0, 0.05) is 25.8 Å². The standard InChI is InChI=1S/C20H19O6/c1-20(2)25-18(23)15(19(24)26-20)14(17(22)13-10-6-7-11-13)16(21)12-8-4-3-5-9-12/h3-11,14-15,17,22H,1-2H3/t14-,17-/m0/s1. The van der Waals surface area contributed by atoms with Gasteiger partial charge < -0.3 is 14.6 Å². The highest BCUT2D eigenvalue weighted by Gasteiger charge is 2.52. The van der Waals surface area contributed by atoms with Crippen LogP contribution in [0.2, 0.25) is 0 Å². The fourth-order valence-corrected chi connectivity index (χ4v) is 3.09. The highest BCUT2D eigenvalue weighted by atomic mass is 16.7. The molecule has 26 heavy (non-hydrogen) atoms. The van der Waals surface area contributed by atoms with Crippen molar-refractivity contribution in [2.24, 2.45) is 11.8 Å². The van der Waals surface area contributed by atoms with Crippen LogP contribution in [-0.2, 0) is 19.1 Å². The first-order valence-corrected chi connectivity index (χ1v) is 8.25. The fourth-order valence-electron chi connectivity index (χ4n) is 3.09. The molecule has 1 aliphatic heterocycles. The van der Waals surface area contributed by atoms with E-state index in [4.69, 9.17) is 9.47 Å². The Morgan fingerprint density at radius 2 is 1.73 bits per heavy atom. The Labute approximate surface area is 151 Å². The van der Waals surface area contributed by atoms with Crippen molar-refractivity contribution in [3.63, 3.8) is 0 Å². The minimum atomic E-state index is -1.54. The molecule has 1 aromatic rings. The number of cyclic esters (lactones) is 2. The van der Waals surface area contributed by atoms with E-state index in [-0.39, 0.29) is 5.56 Å². The summed E-state index contributed by atoms with van der Waals surface area (Å²) in [6.45, 7) is 2.86. The number of aliphatic hydroxyl groups is 1. The number of carbonyl (C=O) groups excluding carboxylic acids is 3. The number of esters is 2. The van der Waals surface area contributed by atoms with E-state index in [1.807, 2.05) is 0 Å². The number of hydrogen-bond acceptors (Lipinski definition) is 6. The molecule has 1 saturated heterocycles. The van der Waals surface area contributed by atoms with Gasteiger partial charge in [0.05, 0.1) is 12.0 Å². The van der Waals surface area contributed by atoms with Gasteiger partial charge in [-0.2, -0.15) is 0 Å². The smallest absolute Gasteiger partial charge is 0.324 e. The lowest BCUT2D eigenvalue weighted by Crippen LogP contribution is -2.52. The second kappa shape index (κ2) is 6.88. The normalized spacial score (nSPS) is 21.6. The molecule has 1 radical (unpaired) electrons. The summed E-state index contributed by atoms with van der Waals surface area (Å²) in [5.41, 5.74) is 0.721. The van der Waals surface area contributed by atoms with Gasteiger partial charge in [-0.25, -0.2) is 0 Å². The van der Waals surface area contributed by atoms with Crippen molar-refractivity contribution in [1.82, 2.24) is 0 Å². The van der Waals surface area contributed by atoms with E-state index in [0.717, 1.165) is 0 Å². The zero-order valence-electron chi connectivity index (χ0n) is 14.4. The van der Waals surface area contributed by atoms with Crippen LogP contribution in [-0.4, -0.2) is 34.7 Å². The van der Waals surface area contributed by atoms with Crippen LogP contribution in [0, 0.1) is 18.3 Å². The van der Waals surface area contributed by atoms with Crippen molar-refractivity contribution in [2.75, 3.05) is 0 Å². The Balaban J connectivity index is 2.00. The van der Waals surface area contributed by atoms with Crippen LogP contribution in [0.25, 0.3) is 0 Å². The van der Waals surface area contributed by atoms with Crippen molar-refractivity contribution in [3.05, 3.63) is 66.1 Å². The third kappa shape index (κ3) is 3.46. The minimum absolute atomic E-state index is 0.286. The Kier molecular flexibility index (Phi) is 4.78. The molecule has 0 amide bonds. The Bertz CT molecular complexity index is 770. The van der Waals surface area contributed by atoms with E-state index in [1.54, 1.807) is 55.0 Å². The monoisotopic (exact) mass is 355 g/mol. The topological polar surface area (TPSA) is 89.9 Å². The molecule has 0 aromatic heterocycles. The summed E-state index contributed by atoms with van der Waals surface area (Å²) in [7, 11) is 0. The molecule has 1 fully saturated rings. The van der Waals surface area contributed by atoms with E-state index in [2.05, 4.69) is 0 Å². The van der Waals surface area contributed by atoms with E-state index in [0.29, 0.717) is 5.57 Å². The van der Waals surface area contributed by atoms with Crippen LogP contribution >= 0.6 is 0 Å². The lowest BCUT2D eigenvalue weighted by Gasteiger charge is -2.36. The molecule has 1 aliphatic carbocycles. The summed E-state index contributed by atoms with van der Waals surface area (Å²) < 4.78 is 10.3. The number of benzene rings is 1. The molecule has 2 atom stereocenters. The predicted octanol–water partition coefficient (Wildman–Crippen LogP) is 2.00. The molecular formula is C20H19O6. The molecule has 0 bridgehead atoms. The maximum absolute atomic E-state index is 13.1. The zero-order chi connectivity index (χ0) is 18.9. The van der Waals surface area contributed by atoms with Gasteiger partial charge in [0.1, 0.15) is 0 Å². The maximum Gasteiger partial charge on any atom is 0.324 e. The van der Waals surface area contributed by atoms with Gasteiger partial charge in [-0.3, -0.25) is 14.4 Å². The van der Waals surface area contributed by atoms with Crippen molar-refractivity contribution in [3.8, 4) is 0 Å². The number of carbonyl (C=O) groups is 3. The number of ketones is 1. The lowest BCUT2D eigenvalue weighted by atomic mass is 9.78. The lowest BCUT2D eigenvalue weighted by molar-refractivity contribution is -0.243. The average Bonchev–Trinajstić information content (AvgIpc) is 3.11. The second-order valence-corrected chi connectivity index (χ2v) is 6.64. The van der Waals surface area contributed by atoms with Crippen LogP contribution in [0.3, 0.4) is 0 Å². The Hall–Kier alpha value is -2.73. The summed E-state index contributed by atoms with van der Waals surface area (Å²) in [6.07, 6.45) is 5.29. The molecule has 1 N–H and O–H groups in total. The van der Waals surface area contributed by atoms with Crippen LogP contribution in [0.5, 0.6) is 0 Å². The molecule has 6 nitrogen and oxygen atoms in total. The van der Waals surface area contributed by atoms with Crippen LogP contribution in [0.15, 0.2) is 54.1 Å². The van der Waals surface area contributed by atoms with Gasteiger partial charge in [0.15, 0.2) is 11.7 Å². The first-order valence-electron chi connectivity index (χ1n) is 8.25. The number of aliphatic hydroxyl groups excluding tert-OH is 1. The molecule has 6 heteroatoms. The van der Waals surface area contributed by atoms with E-state index in [9.17, 15) is 19.5 Å². The number of ether oxygens (including phenoxy) is 2. The van der Waals surface area contributed by atoms with E-state index >= 15 is 0 Å². The molecule has 0 spiro atoms. The largest absolute Gasteiger partial charge is 0.422 e. The van der Waals surface area contributed by atoms with Crippen LogP contribution in [0.4, 0.5) is 0 Å². The fraction of sp³-hybridized carbons (Fsp3) is 0.300. The van der Waals surface area contributed by atoms with Gasteiger partial charge in [-0.05, 0) is 5.57 Å². The molecule has 3 rings (SSSR count). The SMILES string of the molecule is CC1(C)OC(=O)C([C@@H](C(=O)c2ccccc2)[C@@H](O)C2=C[CH]C=C2)C(=O)O1. The first kappa shape index (κ1) is 18.1. The molecule has 2 aliphatic rings. The first-order chi connectivity index (χ1) is 12.3. The molecular weight excluding hydrogens is 336 g/mol. The van der Waals surface area contributed by atoms with Crippen LogP contribution < -0.4 is 0 Å². The molecule has 0 unspecified atom stereocenters. The minimum Gasteiger partial charge on any atom is -0.422 e.